The topological polar surface area (TPSA) is 46.2 Å². The summed E-state index contributed by atoms with van der Waals surface area (Å²) < 4.78 is 13.7. The van der Waals surface area contributed by atoms with Crippen molar-refractivity contribution in [2.75, 3.05) is 6.54 Å². The van der Waals surface area contributed by atoms with E-state index in [9.17, 15) is 9.50 Å². The van der Waals surface area contributed by atoms with Crippen LogP contribution in [0.25, 0.3) is 0 Å². The predicted molar refractivity (Wildman–Crippen MR) is 54.6 cm³/mol. The maximum atomic E-state index is 13.7. The quantitative estimate of drug-likeness (QED) is 0.777. The van der Waals surface area contributed by atoms with Gasteiger partial charge in [-0.1, -0.05) is 24.3 Å². The fraction of sp³-hybridized carbons (Fsp3) is 0.455. The first-order valence-corrected chi connectivity index (χ1v) is 4.63. The van der Waals surface area contributed by atoms with Crippen LogP contribution >= 0.6 is 0 Å². The normalized spacial score (nSPS) is 14.1. The summed E-state index contributed by atoms with van der Waals surface area (Å²) >= 11 is 0. The number of halogens is 1. The Balaban J connectivity index is 3.16. The van der Waals surface area contributed by atoms with Crippen molar-refractivity contribution in [3.05, 3.63) is 35.4 Å². The van der Waals surface area contributed by atoms with Gasteiger partial charge >= 0.3 is 0 Å². The highest BCUT2D eigenvalue weighted by Crippen LogP contribution is 2.30. The maximum Gasteiger partial charge on any atom is 0.130 e. The zero-order valence-electron chi connectivity index (χ0n) is 8.50. The molecule has 0 aromatic heterocycles. The summed E-state index contributed by atoms with van der Waals surface area (Å²) in [5.41, 5.74) is 4.96. The molecule has 14 heavy (non-hydrogen) atoms. The minimum Gasteiger partial charge on any atom is -0.387 e. The molecule has 0 heterocycles. The average molecular weight is 197 g/mol. The van der Waals surface area contributed by atoms with Gasteiger partial charge in [-0.2, -0.15) is 0 Å². The first-order valence-electron chi connectivity index (χ1n) is 4.63. The molecule has 1 rings (SSSR count). The van der Waals surface area contributed by atoms with Gasteiger partial charge < -0.3 is 10.8 Å². The molecule has 1 unspecified atom stereocenters. The van der Waals surface area contributed by atoms with E-state index in [-0.39, 0.29) is 6.54 Å². The van der Waals surface area contributed by atoms with Crippen LogP contribution < -0.4 is 5.73 Å². The zero-order chi connectivity index (χ0) is 10.8. The van der Waals surface area contributed by atoms with Gasteiger partial charge in [0.15, 0.2) is 0 Å². The number of hydrogen-bond acceptors (Lipinski definition) is 2. The standard InChI is InChI=1S/C11H16FNO/c1-11(2,12)9-6-4-3-5-8(9)10(14)7-13/h3-6,10,14H,7,13H2,1-2H3. The monoisotopic (exact) mass is 197 g/mol. The Bertz CT molecular complexity index is 306. The van der Waals surface area contributed by atoms with Crippen molar-refractivity contribution in [2.45, 2.75) is 25.6 Å². The molecule has 1 aromatic carbocycles. The van der Waals surface area contributed by atoms with E-state index in [4.69, 9.17) is 5.73 Å². The highest BCUT2D eigenvalue weighted by molar-refractivity contribution is 5.33. The summed E-state index contributed by atoms with van der Waals surface area (Å²) in [6.45, 7) is 3.04. The van der Waals surface area contributed by atoms with Crippen LogP contribution in [0.15, 0.2) is 24.3 Å². The number of nitrogens with two attached hydrogens (primary N) is 1. The van der Waals surface area contributed by atoms with Gasteiger partial charge in [0.1, 0.15) is 5.67 Å². The predicted octanol–water partition coefficient (Wildman–Crippen LogP) is 1.88. The van der Waals surface area contributed by atoms with Gasteiger partial charge in [-0.25, -0.2) is 4.39 Å². The van der Waals surface area contributed by atoms with Gasteiger partial charge in [-0.3, -0.25) is 0 Å². The van der Waals surface area contributed by atoms with Crippen molar-refractivity contribution in [2.24, 2.45) is 5.73 Å². The van der Waals surface area contributed by atoms with Crippen molar-refractivity contribution in [1.82, 2.24) is 0 Å². The molecule has 0 spiro atoms. The Kier molecular flexibility index (Phi) is 3.24. The molecule has 0 aliphatic carbocycles. The van der Waals surface area contributed by atoms with Gasteiger partial charge in [0.05, 0.1) is 6.10 Å². The van der Waals surface area contributed by atoms with Crippen LogP contribution in [0, 0.1) is 0 Å². The molecule has 78 valence electrons. The second kappa shape index (κ2) is 4.07. The Hall–Kier alpha value is -0.930. The second-order valence-electron chi connectivity index (χ2n) is 3.81. The molecule has 0 saturated carbocycles. The first-order chi connectivity index (χ1) is 6.46. The minimum atomic E-state index is -1.45. The van der Waals surface area contributed by atoms with Gasteiger partial charge in [-0.15, -0.1) is 0 Å². The summed E-state index contributed by atoms with van der Waals surface area (Å²) in [6.07, 6.45) is -0.791. The van der Waals surface area contributed by atoms with E-state index in [1.807, 2.05) is 0 Å². The molecule has 0 aliphatic heterocycles. The summed E-state index contributed by atoms with van der Waals surface area (Å²) in [5.74, 6) is 0. The van der Waals surface area contributed by atoms with Crippen molar-refractivity contribution < 1.29 is 9.50 Å². The molecule has 3 N–H and O–H groups in total. The van der Waals surface area contributed by atoms with E-state index in [0.29, 0.717) is 11.1 Å². The summed E-state index contributed by atoms with van der Waals surface area (Å²) in [7, 11) is 0. The molecule has 0 aliphatic rings. The van der Waals surface area contributed by atoms with E-state index in [1.165, 1.54) is 13.8 Å². The largest absolute Gasteiger partial charge is 0.387 e. The molecule has 0 amide bonds. The molecule has 1 atom stereocenters. The average Bonchev–Trinajstić information content (AvgIpc) is 2.15. The van der Waals surface area contributed by atoms with Crippen LogP contribution in [-0.4, -0.2) is 11.7 Å². The van der Waals surface area contributed by atoms with E-state index >= 15 is 0 Å². The van der Waals surface area contributed by atoms with Crippen LogP contribution in [0.1, 0.15) is 31.1 Å². The Morgan fingerprint density at radius 3 is 2.50 bits per heavy atom. The van der Waals surface area contributed by atoms with Crippen LogP contribution in [0.4, 0.5) is 4.39 Å². The molecule has 0 bridgehead atoms. The first kappa shape index (κ1) is 11.1. The molecule has 1 aromatic rings. The van der Waals surface area contributed by atoms with E-state index in [0.717, 1.165) is 0 Å². The zero-order valence-corrected chi connectivity index (χ0v) is 8.50. The van der Waals surface area contributed by atoms with Crippen molar-refractivity contribution in [3.8, 4) is 0 Å². The number of alkyl halides is 1. The molecule has 3 heteroatoms. The molecule has 0 radical (unpaired) electrons. The Labute approximate surface area is 83.6 Å². The van der Waals surface area contributed by atoms with Crippen LogP contribution in [0.2, 0.25) is 0 Å². The lowest BCUT2D eigenvalue weighted by atomic mass is 9.92. The number of rotatable bonds is 3. The molecule has 2 nitrogen and oxygen atoms in total. The fourth-order valence-electron chi connectivity index (χ4n) is 1.46. The highest BCUT2D eigenvalue weighted by atomic mass is 19.1. The van der Waals surface area contributed by atoms with E-state index < -0.39 is 11.8 Å². The smallest absolute Gasteiger partial charge is 0.130 e. The van der Waals surface area contributed by atoms with Crippen LogP contribution in [0.3, 0.4) is 0 Å². The number of aliphatic hydroxyl groups excluding tert-OH is 1. The number of aliphatic hydroxyl groups is 1. The molecular weight excluding hydrogens is 181 g/mol. The minimum absolute atomic E-state index is 0.104. The fourth-order valence-corrected chi connectivity index (χ4v) is 1.46. The van der Waals surface area contributed by atoms with Gasteiger partial charge in [0.25, 0.3) is 0 Å². The third kappa shape index (κ3) is 2.30. The van der Waals surface area contributed by atoms with Crippen molar-refractivity contribution >= 4 is 0 Å². The second-order valence-corrected chi connectivity index (χ2v) is 3.81. The van der Waals surface area contributed by atoms with E-state index in [2.05, 4.69) is 0 Å². The number of hydrogen-bond donors (Lipinski definition) is 2. The molecular formula is C11H16FNO. The lowest BCUT2D eigenvalue weighted by Gasteiger charge is -2.21. The lowest BCUT2D eigenvalue weighted by Crippen LogP contribution is -2.18. The van der Waals surface area contributed by atoms with E-state index in [1.54, 1.807) is 24.3 Å². The maximum absolute atomic E-state index is 13.7. The molecule has 0 saturated heterocycles. The third-order valence-corrected chi connectivity index (χ3v) is 2.18. The number of benzene rings is 1. The lowest BCUT2D eigenvalue weighted by molar-refractivity contribution is 0.171. The van der Waals surface area contributed by atoms with Gasteiger partial charge in [0, 0.05) is 6.54 Å². The van der Waals surface area contributed by atoms with Crippen LogP contribution in [0.5, 0.6) is 0 Å². The summed E-state index contributed by atoms with van der Waals surface area (Å²) in [6, 6.07) is 6.90. The van der Waals surface area contributed by atoms with Gasteiger partial charge in [0.2, 0.25) is 0 Å². The van der Waals surface area contributed by atoms with Crippen LogP contribution in [-0.2, 0) is 5.67 Å². The Morgan fingerprint density at radius 1 is 1.43 bits per heavy atom. The van der Waals surface area contributed by atoms with Gasteiger partial charge in [-0.05, 0) is 25.0 Å². The summed E-state index contributed by atoms with van der Waals surface area (Å²) in [4.78, 5) is 0. The third-order valence-electron chi connectivity index (χ3n) is 2.18. The Morgan fingerprint density at radius 2 is 2.00 bits per heavy atom. The van der Waals surface area contributed by atoms with Crippen molar-refractivity contribution in [3.63, 3.8) is 0 Å². The SMILES string of the molecule is CC(C)(F)c1ccccc1C(O)CN. The molecule has 0 fully saturated rings. The van der Waals surface area contributed by atoms with Crippen molar-refractivity contribution in [1.29, 1.82) is 0 Å². The highest BCUT2D eigenvalue weighted by Gasteiger charge is 2.24. The summed E-state index contributed by atoms with van der Waals surface area (Å²) in [5, 5.41) is 9.58.